The molecule has 0 aliphatic carbocycles. The van der Waals surface area contributed by atoms with E-state index in [-0.39, 0.29) is 23.0 Å². The minimum absolute atomic E-state index is 0.0132. The number of carbonyl (C=O) groups is 1. The van der Waals surface area contributed by atoms with Crippen molar-refractivity contribution in [2.45, 2.75) is 13.1 Å². The molecule has 0 fully saturated rings. The van der Waals surface area contributed by atoms with E-state index in [2.05, 4.69) is 9.36 Å². The van der Waals surface area contributed by atoms with Crippen LogP contribution >= 0.6 is 11.5 Å². The van der Waals surface area contributed by atoms with Gasteiger partial charge in [-0.3, -0.25) is 0 Å². The first kappa shape index (κ1) is 14.4. The third-order valence-corrected chi connectivity index (χ3v) is 3.02. The summed E-state index contributed by atoms with van der Waals surface area (Å²) in [4.78, 5) is 15.3. The molecule has 20 heavy (non-hydrogen) atoms. The van der Waals surface area contributed by atoms with Gasteiger partial charge >= 0.3 is 12.1 Å². The van der Waals surface area contributed by atoms with Crippen molar-refractivity contribution >= 4 is 17.5 Å². The first-order chi connectivity index (χ1) is 9.41. The summed E-state index contributed by atoms with van der Waals surface area (Å²) in [5, 5.41) is 0.0132. The fraction of sp³-hybridized carbons (Fsp3) is 0.250. The Morgan fingerprint density at radius 3 is 2.80 bits per heavy atom. The van der Waals surface area contributed by atoms with Crippen molar-refractivity contribution in [3.63, 3.8) is 0 Å². The standard InChI is InChI=1S/C12H9F3N2O2S/c1-2-19-11(18)10-16-9(17-20-10)7-4-3-5-8(6-7)12(13,14)15/h3-6H,2H2,1H3. The van der Waals surface area contributed by atoms with Gasteiger partial charge in [0.2, 0.25) is 5.01 Å². The number of alkyl halides is 3. The number of benzene rings is 1. The third kappa shape index (κ3) is 3.13. The summed E-state index contributed by atoms with van der Waals surface area (Å²) in [7, 11) is 0. The summed E-state index contributed by atoms with van der Waals surface area (Å²) in [6.07, 6.45) is -4.43. The van der Waals surface area contributed by atoms with Crippen molar-refractivity contribution < 1.29 is 22.7 Å². The molecule has 0 N–H and O–H groups in total. The van der Waals surface area contributed by atoms with Gasteiger partial charge in [-0.2, -0.15) is 17.5 Å². The number of rotatable bonds is 3. The molecule has 2 rings (SSSR count). The second kappa shape index (κ2) is 5.58. The summed E-state index contributed by atoms with van der Waals surface area (Å²) in [5.74, 6) is -0.563. The first-order valence-electron chi connectivity index (χ1n) is 5.60. The third-order valence-electron chi connectivity index (χ3n) is 2.32. The minimum atomic E-state index is -4.43. The Morgan fingerprint density at radius 1 is 1.40 bits per heavy atom. The van der Waals surface area contributed by atoms with Crippen molar-refractivity contribution in [3.8, 4) is 11.4 Å². The van der Waals surface area contributed by atoms with Crippen LogP contribution in [0.4, 0.5) is 13.2 Å². The first-order valence-corrected chi connectivity index (χ1v) is 6.37. The Hall–Kier alpha value is -1.96. The van der Waals surface area contributed by atoms with E-state index in [1.54, 1.807) is 6.92 Å². The lowest BCUT2D eigenvalue weighted by molar-refractivity contribution is -0.137. The van der Waals surface area contributed by atoms with E-state index in [0.29, 0.717) is 0 Å². The molecule has 0 amide bonds. The molecule has 0 radical (unpaired) electrons. The molecule has 0 aliphatic heterocycles. The Labute approximate surface area is 116 Å². The van der Waals surface area contributed by atoms with Crippen molar-refractivity contribution in [2.24, 2.45) is 0 Å². The quantitative estimate of drug-likeness (QED) is 0.815. The molecule has 1 heterocycles. The topological polar surface area (TPSA) is 52.1 Å². The number of hydrogen-bond donors (Lipinski definition) is 0. The van der Waals surface area contributed by atoms with E-state index < -0.39 is 17.7 Å². The summed E-state index contributed by atoms with van der Waals surface area (Å²) >= 11 is 0.789. The van der Waals surface area contributed by atoms with Crippen LogP contribution in [0.3, 0.4) is 0 Å². The monoisotopic (exact) mass is 302 g/mol. The highest BCUT2D eigenvalue weighted by Gasteiger charge is 2.30. The van der Waals surface area contributed by atoms with E-state index in [9.17, 15) is 18.0 Å². The van der Waals surface area contributed by atoms with Crippen LogP contribution in [0.5, 0.6) is 0 Å². The molecular formula is C12H9F3N2O2S. The Bertz CT molecular complexity index is 625. The molecule has 8 heteroatoms. The van der Waals surface area contributed by atoms with Gasteiger partial charge in [0.1, 0.15) is 0 Å². The summed E-state index contributed by atoms with van der Waals surface area (Å²) < 4.78 is 46.4. The molecule has 0 bridgehead atoms. The maximum absolute atomic E-state index is 12.6. The van der Waals surface area contributed by atoms with E-state index in [1.807, 2.05) is 0 Å². The molecular weight excluding hydrogens is 293 g/mol. The average Bonchev–Trinajstić information content (AvgIpc) is 2.88. The van der Waals surface area contributed by atoms with Crippen molar-refractivity contribution in [1.82, 2.24) is 9.36 Å². The molecule has 106 valence electrons. The molecule has 1 aromatic carbocycles. The van der Waals surface area contributed by atoms with Gasteiger partial charge in [-0.15, -0.1) is 0 Å². The molecule has 0 unspecified atom stereocenters. The van der Waals surface area contributed by atoms with Gasteiger partial charge in [0.25, 0.3) is 0 Å². The van der Waals surface area contributed by atoms with Crippen LogP contribution in [0, 0.1) is 0 Å². The number of hydrogen-bond acceptors (Lipinski definition) is 5. The lowest BCUT2D eigenvalue weighted by atomic mass is 10.1. The number of carbonyl (C=O) groups excluding carboxylic acids is 1. The van der Waals surface area contributed by atoms with Crippen LogP contribution in [0.2, 0.25) is 0 Å². The smallest absolute Gasteiger partial charge is 0.416 e. The summed E-state index contributed by atoms with van der Waals surface area (Å²) in [6.45, 7) is 1.84. The SMILES string of the molecule is CCOC(=O)c1nc(-c2cccc(C(F)(F)F)c2)ns1. The van der Waals surface area contributed by atoms with E-state index in [1.165, 1.54) is 12.1 Å². The minimum Gasteiger partial charge on any atom is -0.461 e. The zero-order chi connectivity index (χ0) is 14.8. The van der Waals surface area contributed by atoms with Gasteiger partial charge in [0.15, 0.2) is 5.82 Å². The number of aromatic nitrogens is 2. The highest BCUT2D eigenvalue weighted by molar-refractivity contribution is 7.07. The fourth-order valence-corrected chi connectivity index (χ4v) is 2.03. The molecule has 2 aromatic rings. The van der Waals surface area contributed by atoms with Crippen LogP contribution in [0.1, 0.15) is 22.3 Å². The molecule has 0 atom stereocenters. The van der Waals surface area contributed by atoms with Gasteiger partial charge in [0, 0.05) is 5.56 Å². The largest absolute Gasteiger partial charge is 0.461 e. The zero-order valence-electron chi connectivity index (χ0n) is 10.3. The van der Waals surface area contributed by atoms with Gasteiger partial charge in [-0.25, -0.2) is 9.78 Å². The van der Waals surface area contributed by atoms with Gasteiger partial charge in [0.05, 0.1) is 12.2 Å². The number of esters is 1. The second-order valence-corrected chi connectivity index (χ2v) is 4.47. The second-order valence-electron chi connectivity index (χ2n) is 3.72. The zero-order valence-corrected chi connectivity index (χ0v) is 11.1. The van der Waals surface area contributed by atoms with Gasteiger partial charge in [-0.05, 0) is 30.6 Å². The van der Waals surface area contributed by atoms with Gasteiger partial charge < -0.3 is 4.74 Å². The Morgan fingerprint density at radius 2 is 2.15 bits per heavy atom. The van der Waals surface area contributed by atoms with Crippen LogP contribution in [-0.2, 0) is 10.9 Å². The number of ether oxygens (including phenoxy) is 1. The average molecular weight is 302 g/mol. The van der Waals surface area contributed by atoms with Crippen LogP contribution in [0.15, 0.2) is 24.3 Å². The van der Waals surface area contributed by atoms with Crippen LogP contribution in [0.25, 0.3) is 11.4 Å². The predicted molar refractivity (Wildman–Crippen MR) is 66.3 cm³/mol. The van der Waals surface area contributed by atoms with E-state index >= 15 is 0 Å². The fourth-order valence-electron chi connectivity index (χ4n) is 1.45. The van der Waals surface area contributed by atoms with Crippen molar-refractivity contribution in [2.75, 3.05) is 6.61 Å². The molecule has 0 aliphatic rings. The lowest BCUT2D eigenvalue weighted by Gasteiger charge is -2.06. The highest BCUT2D eigenvalue weighted by Crippen LogP contribution is 2.31. The maximum Gasteiger partial charge on any atom is 0.416 e. The Kier molecular flexibility index (Phi) is 4.03. The highest BCUT2D eigenvalue weighted by atomic mass is 32.1. The van der Waals surface area contributed by atoms with Crippen molar-refractivity contribution in [3.05, 3.63) is 34.8 Å². The summed E-state index contributed by atoms with van der Waals surface area (Å²) in [5.41, 5.74) is -0.589. The Balaban J connectivity index is 2.31. The molecule has 4 nitrogen and oxygen atoms in total. The molecule has 0 spiro atoms. The van der Waals surface area contributed by atoms with E-state index in [0.717, 1.165) is 23.7 Å². The van der Waals surface area contributed by atoms with Crippen molar-refractivity contribution in [1.29, 1.82) is 0 Å². The maximum atomic E-state index is 12.6. The molecule has 0 saturated heterocycles. The molecule has 0 saturated carbocycles. The molecule has 1 aromatic heterocycles. The van der Waals surface area contributed by atoms with Crippen LogP contribution in [-0.4, -0.2) is 21.9 Å². The van der Waals surface area contributed by atoms with Crippen LogP contribution < -0.4 is 0 Å². The van der Waals surface area contributed by atoms with E-state index in [4.69, 9.17) is 4.74 Å². The summed E-state index contributed by atoms with van der Waals surface area (Å²) in [6, 6.07) is 4.62. The predicted octanol–water partition coefficient (Wildman–Crippen LogP) is 3.40. The van der Waals surface area contributed by atoms with Gasteiger partial charge in [-0.1, -0.05) is 12.1 Å². The normalized spacial score (nSPS) is 11.4. The number of nitrogens with zero attached hydrogens (tertiary/aromatic N) is 2. The lowest BCUT2D eigenvalue weighted by Crippen LogP contribution is -2.05. The number of halogens is 3.